The van der Waals surface area contributed by atoms with E-state index in [1.807, 2.05) is 12.1 Å². The zero-order valence-electron chi connectivity index (χ0n) is 8.36. The summed E-state index contributed by atoms with van der Waals surface area (Å²) in [6, 6.07) is 10.8. The van der Waals surface area contributed by atoms with Gasteiger partial charge in [-0.1, -0.05) is 36.4 Å². The van der Waals surface area contributed by atoms with Crippen molar-refractivity contribution in [3.63, 3.8) is 0 Å². The van der Waals surface area contributed by atoms with Crippen LogP contribution in [0.25, 0.3) is 10.8 Å². The normalized spacial score (nSPS) is 10.2. The summed E-state index contributed by atoms with van der Waals surface area (Å²) in [7, 11) is 0. The lowest BCUT2D eigenvalue weighted by molar-refractivity contribution is 0.101. The first kappa shape index (κ1) is 9.59. The molecule has 0 aliphatic heterocycles. The highest BCUT2D eigenvalue weighted by atomic mass is 16.1. The van der Waals surface area contributed by atoms with Crippen molar-refractivity contribution in [1.82, 2.24) is 0 Å². The van der Waals surface area contributed by atoms with Crippen LogP contribution >= 0.6 is 0 Å². The van der Waals surface area contributed by atoms with Gasteiger partial charge in [0.25, 0.3) is 0 Å². The van der Waals surface area contributed by atoms with Gasteiger partial charge >= 0.3 is 0 Å². The van der Waals surface area contributed by atoms with Crippen LogP contribution in [0.3, 0.4) is 0 Å². The minimum absolute atomic E-state index is 0.0173. The van der Waals surface area contributed by atoms with Crippen molar-refractivity contribution >= 4 is 22.8 Å². The van der Waals surface area contributed by atoms with Gasteiger partial charge in [-0.05, 0) is 17.7 Å². The molecule has 0 heterocycles. The van der Waals surface area contributed by atoms with Crippen LogP contribution < -0.4 is 0 Å². The van der Waals surface area contributed by atoms with Gasteiger partial charge in [-0.3, -0.25) is 9.59 Å². The Kier molecular flexibility index (Phi) is 2.34. The Morgan fingerprint density at radius 1 is 1.07 bits per heavy atom. The lowest BCUT2D eigenvalue weighted by Gasteiger charge is -2.04. The first-order valence-electron chi connectivity index (χ1n) is 4.72. The Bertz CT molecular complexity index is 541. The first-order valence-corrected chi connectivity index (χ1v) is 4.72. The molecule has 15 heavy (non-hydrogen) atoms. The summed E-state index contributed by atoms with van der Waals surface area (Å²) in [4.78, 5) is 22.2. The molecule has 0 spiro atoms. The molecule has 2 nitrogen and oxygen atoms in total. The summed E-state index contributed by atoms with van der Waals surface area (Å²) in [5.41, 5.74) is 1.28. The number of carbonyl (C=O) groups excluding carboxylic acids is 2. The Morgan fingerprint density at radius 2 is 1.73 bits per heavy atom. The van der Waals surface area contributed by atoms with Crippen LogP contribution in [0, 0.1) is 0 Å². The molecule has 2 heteroatoms. The highest BCUT2D eigenvalue weighted by Crippen LogP contribution is 2.21. The molecule has 0 aromatic heterocycles. The Balaban J connectivity index is 2.88. The third-order valence-corrected chi connectivity index (χ3v) is 2.46. The van der Waals surface area contributed by atoms with E-state index >= 15 is 0 Å². The fourth-order valence-corrected chi connectivity index (χ4v) is 1.74. The number of aldehydes is 1. The fourth-order valence-electron chi connectivity index (χ4n) is 1.74. The average molecular weight is 198 g/mol. The monoisotopic (exact) mass is 198 g/mol. The molecule has 2 rings (SSSR count). The molecular weight excluding hydrogens is 188 g/mol. The maximum absolute atomic E-state index is 11.4. The van der Waals surface area contributed by atoms with E-state index in [1.165, 1.54) is 6.92 Å². The first-order chi connectivity index (χ1) is 7.24. The Hall–Kier alpha value is -1.96. The molecule has 0 radical (unpaired) electrons. The Labute approximate surface area is 87.5 Å². The summed E-state index contributed by atoms with van der Waals surface area (Å²) in [5.74, 6) is 0.0173. The van der Waals surface area contributed by atoms with Crippen molar-refractivity contribution in [2.75, 3.05) is 0 Å². The molecule has 0 aliphatic rings. The fraction of sp³-hybridized carbons (Fsp3) is 0.0769. The molecule has 0 saturated carbocycles. The van der Waals surface area contributed by atoms with Gasteiger partial charge in [0.05, 0.1) is 0 Å². The van der Waals surface area contributed by atoms with Gasteiger partial charge in [0, 0.05) is 11.1 Å². The SMILES string of the molecule is CC(=O)c1cccc2c(C=O)cccc12. The quantitative estimate of drug-likeness (QED) is 0.549. The van der Waals surface area contributed by atoms with Crippen molar-refractivity contribution < 1.29 is 9.59 Å². The zero-order chi connectivity index (χ0) is 10.8. The minimum atomic E-state index is 0.0173. The Morgan fingerprint density at radius 3 is 2.40 bits per heavy atom. The smallest absolute Gasteiger partial charge is 0.160 e. The van der Waals surface area contributed by atoms with Crippen LogP contribution in [0.15, 0.2) is 36.4 Å². The van der Waals surface area contributed by atoms with Gasteiger partial charge in [-0.25, -0.2) is 0 Å². The third-order valence-electron chi connectivity index (χ3n) is 2.46. The molecule has 2 aromatic rings. The second-order valence-corrected chi connectivity index (χ2v) is 3.42. The minimum Gasteiger partial charge on any atom is -0.298 e. The van der Waals surface area contributed by atoms with Crippen molar-refractivity contribution in [1.29, 1.82) is 0 Å². The topological polar surface area (TPSA) is 34.1 Å². The van der Waals surface area contributed by atoms with Crippen molar-refractivity contribution in [3.05, 3.63) is 47.5 Å². The van der Waals surface area contributed by atoms with Gasteiger partial charge in [-0.2, -0.15) is 0 Å². The molecule has 0 bridgehead atoms. The van der Waals surface area contributed by atoms with Gasteiger partial charge in [-0.15, -0.1) is 0 Å². The molecule has 0 amide bonds. The van der Waals surface area contributed by atoms with E-state index in [1.54, 1.807) is 24.3 Å². The average Bonchev–Trinajstić information content (AvgIpc) is 2.27. The summed E-state index contributed by atoms with van der Waals surface area (Å²) in [6.45, 7) is 1.53. The summed E-state index contributed by atoms with van der Waals surface area (Å²) >= 11 is 0. The summed E-state index contributed by atoms with van der Waals surface area (Å²) in [6.07, 6.45) is 0.812. The van der Waals surface area contributed by atoms with E-state index in [9.17, 15) is 9.59 Å². The predicted octanol–water partition coefficient (Wildman–Crippen LogP) is 2.85. The maximum atomic E-state index is 11.4. The largest absolute Gasteiger partial charge is 0.298 e. The second kappa shape index (κ2) is 3.65. The third kappa shape index (κ3) is 1.54. The molecular formula is C13H10O2. The lowest BCUT2D eigenvalue weighted by Crippen LogP contribution is -1.94. The number of carbonyl (C=O) groups is 2. The van der Waals surface area contributed by atoms with Gasteiger partial charge in [0.2, 0.25) is 0 Å². The number of benzene rings is 2. The molecule has 0 atom stereocenters. The van der Waals surface area contributed by atoms with Crippen LogP contribution in [-0.2, 0) is 0 Å². The summed E-state index contributed by atoms with van der Waals surface area (Å²) in [5, 5.41) is 1.68. The highest BCUT2D eigenvalue weighted by molar-refractivity contribution is 6.10. The second-order valence-electron chi connectivity index (χ2n) is 3.42. The molecule has 0 unspecified atom stereocenters. The highest BCUT2D eigenvalue weighted by Gasteiger charge is 2.06. The molecule has 0 N–H and O–H groups in total. The zero-order valence-corrected chi connectivity index (χ0v) is 8.36. The molecule has 2 aromatic carbocycles. The molecule has 0 aliphatic carbocycles. The van der Waals surface area contributed by atoms with E-state index in [0.717, 1.165) is 17.1 Å². The van der Waals surface area contributed by atoms with Crippen LogP contribution in [0.5, 0.6) is 0 Å². The number of ketones is 1. The molecule has 0 fully saturated rings. The number of rotatable bonds is 2. The van der Waals surface area contributed by atoms with Gasteiger partial charge in [0.15, 0.2) is 12.1 Å². The van der Waals surface area contributed by atoms with Crippen LogP contribution in [0.1, 0.15) is 27.6 Å². The number of hydrogen-bond donors (Lipinski definition) is 0. The molecule has 0 saturated heterocycles. The van der Waals surface area contributed by atoms with Crippen molar-refractivity contribution in [2.24, 2.45) is 0 Å². The maximum Gasteiger partial charge on any atom is 0.160 e. The molecule has 74 valence electrons. The van der Waals surface area contributed by atoms with Gasteiger partial charge in [0.1, 0.15) is 0 Å². The van der Waals surface area contributed by atoms with E-state index in [2.05, 4.69) is 0 Å². The van der Waals surface area contributed by atoms with Crippen LogP contribution in [-0.4, -0.2) is 12.1 Å². The van der Waals surface area contributed by atoms with E-state index in [4.69, 9.17) is 0 Å². The van der Waals surface area contributed by atoms with Crippen molar-refractivity contribution in [3.8, 4) is 0 Å². The van der Waals surface area contributed by atoms with Crippen LogP contribution in [0.4, 0.5) is 0 Å². The van der Waals surface area contributed by atoms with Crippen molar-refractivity contribution in [2.45, 2.75) is 6.92 Å². The van der Waals surface area contributed by atoms with E-state index in [0.29, 0.717) is 11.1 Å². The lowest BCUT2D eigenvalue weighted by atomic mass is 9.99. The number of hydrogen-bond acceptors (Lipinski definition) is 2. The van der Waals surface area contributed by atoms with Crippen LogP contribution in [0.2, 0.25) is 0 Å². The summed E-state index contributed by atoms with van der Waals surface area (Å²) < 4.78 is 0. The van der Waals surface area contributed by atoms with E-state index < -0.39 is 0 Å². The van der Waals surface area contributed by atoms with Gasteiger partial charge < -0.3 is 0 Å². The standard InChI is InChI=1S/C13H10O2/c1-9(15)11-5-3-6-12-10(8-14)4-2-7-13(11)12/h2-8H,1H3. The number of Topliss-reactive ketones (excluding diaryl/α,β-unsaturated/α-hetero) is 1. The predicted molar refractivity (Wildman–Crippen MR) is 59.3 cm³/mol. The number of fused-ring (bicyclic) bond motifs is 1. The van der Waals surface area contributed by atoms with E-state index in [-0.39, 0.29) is 5.78 Å².